The van der Waals surface area contributed by atoms with Crippen molar-refractivity contribution >= 4 is 40.0 Å². The van der Waals surface area contributed by atoms with E-state index < -0.39 is 11.7 Å². The lowest BCUT2D eigenvalue weighted by molar-refractivity contribution is 0.102. The molecule has 0 aliphatic carbocycles. The number of aromatic nitrogens is 2. The van der Waals surface area contributed by atoms with Crippen LogP contribution in [-0.4, -0.2) is 29.0 Å². The minimum atomic E-state index is -0.534. The lowest BCUT2D eigenvalue weighted by atomic mass is 10.2. The molecule has 1 saturated heterocycles. The number of rotatable bonds is 3. The molecule has 132 valence electrons. The summed E-state index contributed by atoms with van der Waals surface area (Å²) in [6, 6.07) is 11.5. The Morgan fingerprint density at radius 2 is 1.77 bits per heavy atom. The molecule has 1 aliphatic rings. The van der Waals surface area contributed by atoms with Crippen LogP contribution < -0.4 is 10.2 Å². The van der Waals surface area contributed by atoms with E-state index in [1.807, 2.05) is 24.3 Å². The normalized spacial score (nSPS) is 14.0. The number of carbonyl (C=O) groups is 1. The number of fused-ring (bicyclic) bond motifs is 1. The molecule has 0 atom stereocenters. The first-order chi connectivity index (χ1) is 12.6. The molecule has 0 saturated carbocycles. The van der Waals surface area contributed by atoms with Crippen LogP contribution in [0.15, 0.2) is 42.5 Å². The maximum atomic E-state index is 13.3. The van der Waals surface area contributed by atoms with Crippen LogP contribution in [0, 0.1) is 5.82 Å². The molecule has 0 bridgehead atoms. The van der Waals surface area contributed by atoms with Crippen LogP contribution in [0.1, 0.15) is 23.3 Å². The molecule has 5 nitrogen and oxygen atoms in total. The van der Waals surface area contributed by atoms with Crippen molar-refractivity contribution in [3.8, 4) is 0 Å². The summed E-state index contributed by atoms with van der Waals surface area (Å²) in [7, 11) is 0. The second-order valence-electron chi connectivity index (χ2n) is 6.16. The third kappa shape index (κ3) is 3.20. The summed E-state index contributed by atoms with van der Waals surface area (Å²) in [6.07, 6.45) is 2.12. The van der Waals surface area contributed by atoms with Crippen LogP contribution in [0.25, 0.3) is 11.0 Å². The third-order valence-electron chi connectivity index (χ3n) is 4.35. The zero-order valence-corrected chi connectivity index (χ0v) is 14.6. The molecule has 1 amide bonds. The molecule has 2 heterocycles. The average Bonchev–Trinajstić information content (AvgIpc) is 3.18. The van der Waals surface area contributed by atoms with Crippen LogP contribution in [0.5, 0.6) is 0 Å². The number of amides is 1. The molecule has 1 N–H and O–H groups in total. The molecule has 1 fully saturated rings. The van der Waals surface area contributed by atoms with Crippen LogP contribution >= 0.6 is 11.6 Å². The van der Waals surface area contributed by atoms with Crippen LogP contribution in [0.2, 0.25) is 5.02 Å². The monoisotopic (exact) mass is 370 g/mol. The van der Waals surface area contributed by atoms with Gasteiger partial charge in [0.15, 0.2) is 11.5 Å². The van der Waals surface area contributed by atoms with Gasteiger partial charge in [-0.15, -0.1) is 0 Å². The summed E-state index contributed by atoms with van der Waals surface area (Å²) in [5.41, 5.74) is 2.06. The van der Waals surface area contributed by atoms with Crippen molar-refractivity contribution in [2.75, 3.05) is 23.3 Å². The van der Waals surface area contributed by atoms with E-state index in [1.54, 1.807) is 0 Å². The first-order valence-corrected chi connectivity index (χ1v) is 8.78. The molecule has 3 aromatic rings. The van der Waals surface area contributed by atoms with Crippen molar-refractivity contribution in [1.29, 1.82) is 0 Å². The molecule has 0 unspecified atom stereocenters. The first kappa shape index (κ1) is 16.7. The number of anilines is 2. The van der Waals surface area contributed by atoms with E-state index >= 15 is 0 Å². The maximum absolute atomic E-state index is 13.3. The van der Waals surface area contributed by atoms with Gasteiger partial charge in [0.2, 0.25) is 0 Å². The summed E-state index contributed by atoms with van der Waals surface area (Å²) >= 11 is 5.79. The predicted molar refractivity (Wildman–Crippen MR) is 100 cm³/mol. The van der Waals surface area contributed by atoms with E-state index in [1.165, 1.54) is 18.2 Å². The molecule has 0 radical (unpaired) electrons. The Hall–Kier alpha value is -2.73. The summed E-state index contributed by atoms with van der Waals surface area (Å²) in [5, 5.41) is 2.69. The summed E-state index contributed by atoms with van der Waals surface area (Å²) < 4.78 is 13.3. The van der Waals surface area contributed by atoms with Gasteiger partial charge in [0.05, 0.1) is 16.1 Å². The lowest BCUT2D eigenvalue weighted by Crippen LogP contribution is -2.25. The third-order valence-corrected chi connectivity index (χ3v) is 4.64. The zero-order chi connectivity index (χ0) is 18.1. The minimum Gasteiger partial charge on any atom is -0.355 e. The SMILES string of the molecule is O=C(Nc1ccc(F)c(Cl)c1)c1nc2ccccc2nc1N1CCCC1. The fourth-order valence-electron chi connectivity index (χ4n) is 3.06. The topological polar surface area (TPSA) is 58.1 Å². The Kier molecular flexibility index (Phi) is 4.42. The van der Waals surface area contributed by atoms with Crippen LogP contribution in [0.4, 0.5) is 15.9 Å². The maximum Gasteiger partial charge on any atom is 0.278 e. The highest BCUT2D eigenvalue weighted by molar-refractivity contribution is 6.31. The molecule has 26 heavy (non-hydrogen) atoms. The van der Waals surface area contributed by atoms with Gasteiger partial charge in [-0.1, -0.05) is 23.7 Å². The van der Waals surface area contributed by atoms with Crippen molar-refractivity contribution in [2.45, 2.75) is 12.8 Å². The van der Waals surface area contributed by atoms with Crippen molar-refractivity contribution in [3.05, 3.63) is 59.0 Å². The molecule has 7 heteroatoms. The largest absolute Gasteiger partial charge is 0.355 e. The van der Waals surface area contributed by atoms with Gasteiger partial charge in [-0.3, -0.25) is 4.79 Å². The number of benzene rings is 2. The number of hydrogen-bond acceptors (Lipinski definition) is 4. The zero-order valence-electron chi connectivity index (χ0n) is 13.9. The van der Waals surface area contributed by atoms with Gasteiger partial charge in [-0.25, -0.2) is 14.4 Å². The van der Waals surface area contributed by atoms with E-state index in [0.29, 0.717) is 17.0 Å². The highest BCUT2D eigenvalue weighted by Gasteiger charge is 2.23. The summed E-state index contributed by atoms with van der Waals surface area (Å²) in [5.74, 6) is -0.354. The molecule has 1 aliphatic heterocycles. The molecular weight excluding hydrogens is 355 g/mol. The van der Waals surface area contributed by atoms with Gasteiger partial charge in [0.1, 0.15) is 5.82 Å². The minimum absolute atomic E-state index is 0.0489. The fraction of sp³-hybridized carbons (Fsp3) is 0.211. The van der Waals surface area contributed by atoms with E-state index in [4.69, 9.17) is 11.6 Å². The molecule has 0 spiro atoms. The molecule has 4 rings (SSSR count). The molecule has 2 aromatic carbocycles. The van der Waals surface area contributed by atoms with Gasteiger partial charge in [-0.05, 0) is 43.2 Å². The number of nitrogens with one attached hydrogen (secondary N) is 1. The quantitative estimate of drug-likeness (QED) is 0.747. The van der Waals surface area contributed by atoms with E-state index in [0.717, 1.165) is 31.4 Å². The van der Waals surface area contributed by atoms with E-state index in [9.17, 15) is 9.18 Å². The number of carbonyl (C=O) groups excluding carboxylic acids is 1. The number of halogens is 2. The van der Waals surface area contributed by atoms with Crippen LogP contribution in [-0.2, 0) is 0 Å². The second kappa shape index (κ2) is 6.88. The van der Waals surface area contributed by atoms with Gasteiger partial charge < -0.3 is 10.2 Å². The van der Waals surface area contributed by atoms with Gasteiger partial charge in [0.25, 0.3) is 5.91 Å². The smallest absolute Gasteiger partial charge is 0.278 e. The van der Waals surface area contributed by atoms with Gasteiger partial charge in [-0.2, -0.15) is 0 Å². The Labute approximate surface area is 154 Å². The summed E-state index contributed by atoms with van der Waals surface area (Å²) in [6.45, 7) is 1.69. The summed E-state index contributed by atoms with van der Waals surface area (Å²) in [4.78, 5) is 24.1. The Morgan fingerprint density at radius 3 is 2.46 bits per heavy atom. The van der Waals surface area contributed by atoms with Crippen molar-refractivity contribution in [3.63, 3.8) is 0 Å². The Balaban J connectivity index is 1.74. The van der Waals surface area contributed by atoms with Gasteiger partial charge >= 0.3 is 0 Å². The van der Waals surface area contributed by atoms with E-state index in [2.05, 4.69) is 20.2 Å². The Bertz CT molecular complexity index is 988. The van der Waals surface area contributed by atoms with Crippen LogP contribution in [0.3, 0.4) is 0 Å². The van der Waals surface area contributed by atoms with E-state index in [-0.39, 0.29) is 10.7 Å². The molecule has 1 aromatic heterocycles. The van der Waals surface area contributed by atoms with Crippen molar-refractivity contribution in [1.82, 2.24) is 9.97 Å². The average molecular weight is 371 g/mol. The standard InChI is InChI=1S/C19H16ClFN4O/c20-13-11-12(7-8-14(13)21)22-19(26)17-18(25-9-3-4-10-25)24-16-6-2-1-5-15(16)23-17/h1-2,5-8,11H,3-4,9-10H2,(H,22,26). The number of para-hydroxylation sites is 2. The second-order valence-corrected chi connectivity index (χ2v) is 6.57. The fourth-order valence-corrected chi connectivity index (χ4v) is 3.24. The highest BCUT2D eigenvalue weighted by Crippen LogP contribution is 2.26. The number of nitrogens with zero attached hydrogens (tertiary/aromatic N) is 3. The van der Waals surface area contributed by atoms with Crippen molar-refractivity contribution in [2.24, 2.45) is 0 Å². The predicted octanol–water partition coefficient (Wildman–Crippen LogP) is 4.27. The van der Waals surface area contributed by atoms with Crippen molar-refractivity contribution < 1.29 is 9.18 Å². The van der Waals surface area contributed by atoms with Gasteiger partial charge in [0, 0.05) is 18.8 Å². The Morgan fingerprint density at radius 1 is 1.08 bits per heavy atom. The number of hydrogen-bond donors (Lipinski definition) is 1. The lowest BCUT2D eigenvalue weighted by Gasteiger charge is -2.19. The highest BCUT2D eigenvalue weighted by atomic mass is 35.5. The molecular formula is C19H16ClFN4O. The first-order valence-electron chi connectivity index (χ1n) is 8.40.